The van der Waals surface area contributed by atoms with Crippen molar-refractivity contribution in [2.75, 3.05) is 6.61 Å². The first-order valence-corrected chi connectivity index (χ1v) is 9.31. The number of rotatable bonds is 7. The van der Waals surface area contributed by atoms with E-state index >= 15 is 0 Å². The maximum atomic E-state index is 8.68. The summed E-state index contributed by atoms with van der Waals surface area (Å²) in [5, 5.41) is 8.68. The van der Waals surface area contributed by atoms with Gasteiger partial charge in [0.05, 0.1) is 37.9 Å². The number of ether oxygens (including phenoxy) is 2. The maximum absolute atomic E-state index is 8.68. The van der Waals surface area contributed by atoms with Crippen LogP contribution < -0.4 is 0 Å². The number of aryl methyl sites for hydroxylation is 2. The maximum Gasteiger partial charge on any atom is 0.226 e. The highest BCUT2D eigenvalue weighted by Gasteiger charge is 2.27. The number of oxazole rings is 1. The highest BCUT2D eigenvalue weighted by atomic mass is 16.5. The molecule has 5 nitrogen and oxygen atoms in total. The molecule has 0 aliphatic heterocycles. The van der Waals surface area contributed by atoms with Crippen molar-refractivity contribution in [2.45, 2.75) is 64.8 Å². The van der Waals surface area contributed by atoms with Crippen LogP contribution in [0.1, 0.15) is 49.1 Å². The SMILES string of the molecule is Cc1cccc(-c2nc(COC3CCCCC3OCCC#N)c(C)o2)c1. The third-order valence-corrected chi connectivity index (χ3v) is 4.78. The first kappa shape index (κ1) is 18.6. The summed E-state index contributed by atoms with van der Waals surface area (Å²) in [7, 11) is 0. The van der Waals surface area contributed by atoms with E-state index in [1.807, 2.05) is 19.1 Å². The van der Waals surface area contributed by atoms with E-state index in [0.717, 1.165) is 42.7 Å². The van der Waals surface area contributed by atoms with Crippen LogP contribution in [0.3, 0.4) is 0 Å². The molecule has 0 radical (unpaired) electrons. The average molecular weight is 354 g/mol. The summed E-state index contributed by atoms with van der Waals surface area (Å²) in [6, 6.07) is 10.3. The first-order chi connectivity index (χ1) is 12.7. The van der Waals surface area contributed by atoms with Crippen molar-refractivity contribution in [3.8, 4) is 17.5 Å². The molecule has 2 aromatic rings. The second-order valence-corrected chi connectivity index (χ2v) is 6.84. The summed E-state index contributed by atoms with van der Waals surface area (Å²) < 4.78 is 17.8. The van der Waals surface area contributed by atoms with Crippen LogP contribution in [0.2, 0.25) is 0 Å². The van der Waals surface area contributed by atoms with Gasteiger partial charge in [0, 0.05) is 5.56 Å². The van der Waals surface area contributed by atoms with Gasteiger partial charge in [-0.1, -0.05) is 30.5 Å². The van der Waals surface area contributed by atoms with Crippen molar-refractivity contribution in [3.63, 3.8) is 0 Å². The Labute approximate surface area is 154 Å². The minimum Gasteiger partial charge on any atom is -0.441 e. The largest absolute Gasteiger partial charge is 0.441 e. The fourth-order valence-corrected chi connectivity index (χ4v) is 3.35. The zero-order valence-electron chi connectivity index (χ0n) is 15.5. The minimum atomic E-state index is 0.0564. The van der Waals surface area contributed by atoms with Crippen LogP contribution in [0, 0.1) is 25.2 Å². The molecule has 0 saturated heterocycles. The van der Waals surface area contributed by atoms with Gasteiger partial charge in [0.1, 0.15) is 11.5 Å². The van der Waals surface area contributed by atoms with E-state index in [4.69, 9.17) is 19.2 Å². The van der Waals surface area contributed by atoms with E-state index < -0.39 is 0 Å². The molecule has 1 aromatic heterocycles. The highest BCUT2D eigenvalue weighted by molar-refractivity contribution is 5.54. The van der Waals surface area contributed by atoms with Gasteiger partial charge in [-0.25, -0.2) is 4.98 Å². The highest BCUT2D eigenvalue weighted by Crippen LogP contribution is 2.27. The summed E-state index contributed by atoms with van der Waals surface area (Å²) in [6.07, 6.45) is 4.82. The van der Waals surface area contributed by atoms with E-state index in [0.29, 0.717) is 25.5 Å². The van der Waals surface area contributed by atoms with Crippen molar-refractivity contribution < 1.29 is 13.9 Å². The standard InChI is InChI=1S/C21H26N2O3/c1-15-7-5-8-17(13-15)21-23-18(16(2)26-21)14-25-20-10-4-3-9-19(20)24-12-6-11-22/h5,7-8,13,19-20H,3-4,6,9-10,12,14H2,1-2H3. The molecule has 1 heterocycles. The average Bonchev–Trinajstić information content (AvgIpc) is 3.02. The van der Waals surface area contributed by atoms with Gasteiger partial charge in [-0.2, -0.15) is 5.26 Å². The van der Waals surface area contributed by atoms with Crippen LogP contribution >= 0.6 is 0 Å². The third kappa shape index (κ3) is 4.72. The lowest BCUT2D eigenvalue weighted by Gasteiger charge is -2.31. The van der Waals surface area contributed by atoms with Crippen molar-refractivity contribution in [3.05, 3.63) is 41.3 Å². The Bertz CT molecular complexity index is 763. The Kier molecular flexibility index (Phi) is 6.43. The van der Waals surface area contributed by atoms with Crippen LogP contribution in [0.25, 0.3) is 11.5 Å². The molecule has 1 fully saturated rings. The van der Waals surface area contributed by atoms with E-state index in [-0.39, 0.29) is 12.2 Å². The lowest BCUT2D eigenvalue weighted by atomic mass is 9.94. The van der Waals surface area contributed by atoms with Crippen molar-refractivity contribution >= 4 is 0 Å². The fourth-order valence-electron chi connectivity index (χ4n) is 3.35. The van der Waals surface area contributed by atoms with Crippen molar-refractivity contribution in [1.82, 2.24) is 4.98 Å². The number of benzene rings is 1. The van der Waals surface area contributed by atoms with Gasteiger partial charge in [0.25, 0.3) is 0 Å². The second-order valence-electron chi connectivity index (χ2n) is 6.84. The molecule has 2 unspecified atom stereocenters. The molecule has 0 bridgehead atoms. The summed E-state index contributed by atoms with van der Waals surface area (Å²) in [6.45, 7) is 4.87. The zero-order chi connectivity index (χ0) is 18.4. The molecule has 0 amide bonds. The van der Waals surface area contributed by atoms with Gasteiger partial charge in [-0.05, 0) is 38.8 Å². The Hall–Kier alpha value is -2.16. The molecule has 0 spiro atoms. The number of nitriles is 1. The Morgan fingerprint density at radius 3 is 2.69 bits per heavy atom. The molecule has 1 saturated carbocycles. The van der Waals surface area contributed by atoms with Crippen LogP contribution in [0.4, 0.5) is 0 Å². The molecule has 1 aliphatic rings. The van der Waals surface area contributed by atoms with Gasteiger partial charge in [0.15, 0.2) is 0 Å². The monoisotopic (exact) mass is 354 g/mol. The molecule has 1 aliphatic carbocycles. The Morgan fingerprint density at radius 1 is 1.19 bits per heavy atom. The number of aromatic nitrogens is 1. The van der Waals surface area contributed by atoms with Gasteiger partial charge in [-0.3, -0.25) is 0 Å². The van der Waals surface area contributed by atoms with Crippen LogP contribution in [-0.4, -0.2) is 23.8 Å². The Morgan fingerprint density at radius 2 is 1.96 bits per heavy atom. The molecule has 3 rings (SSSR count). The van der Waals surface area contributed by atoms with E-state index in [1.165, 1.54) is 5.56 Å². The normalized spacial score (nSPS) is 20.0. The van der Waals surface area contributed by atoms with Gasteiger partial charge < -0.3 is 13.9 Å². The third-order valence-electron chi connectivity index (χ3n) is 4.78. The minimum absolute atomic E-state index is 0.0564. The predicted molar refractivity (Wildman–Crippen MR) is 98.4 cm³/mol. The molecule has 26 heavy (non-hydrogen) atoms. The number of hydrogen-bond acceptors (Lipinski definition) is 5. The lowest BCUT2D eigenvalue weighted by Crippen LogP contribution is -2.35. The quantitative estimate of drug-likeness (QED) is 0.673. The first-order valence-electron chi connectivity index (χ1n) is 9.31. The smallest absolute Gasteiger partial charge is 0.226 e. The number of hydrogen-bond donors (Lipinski definition) is 0. The molecular weight excluding hydrogens is 328 g/mol. The fraction of sp³-hybridized carbons (Fsp3) is 0.524. The lowest BCUT2D eigenvalue weighted by molar-refractivity contribution is -0.0975. The molecule has 1 aromatic carbocycles. The van der Waals surface area contributed by atoms with Gasteiger partial charge in [0.2, 0.25) is 5.89 Å². The molecular formula is C21H26N2O3. The predicted octanol–water partition coefficient (Wildman–Crippen LogP) is 4.72. The van der Waals surface area contributed by atoms with Gasteiger partial charge in [-0.15, -0.1) is 0 Å². The summed E-state index contributed by atoms with van der Waals surface area (Å²) >= 11 is 0. The second kappa shape index (κ2) is 8.98. The summed E-state index contributed by atoms with van der Waals surface area (Å²) in [4.78, 5) is 4.63. The number of nitrogens with zero attached hydrogens (tertiary/aromatic N) is 2. The molecule has 5 heteroatoms. The van der Waals surface area contributed by atoms with Crippen molar-refractivity contribution in [1.29, 1.82) is 5.26 Å². The van der Waals surface area contributed by atoms with Crippen LogP contribution in [-0.2, 0) is 16.1 Å². The van der Waals surface area contributed by atoms with E-state index in [2.05, 4.69) is 30.1 Å². The topological polar surface area (TPSA) is 68.3 Å². The van der Waals surface area contributed by atoms with Crippen LogP contribution in [0.5, 0.6) is 0 Å². The van der Waals surface area contributed by atoms with E-state index in [1.54, 1.807) is 0 Å². The van der Waals surface area contributed by atoms with Crippen LogP contribution in [0.15, 0.2) is 28.7 Å². The Balaban J connectivity index is 1.62. The zero-order valence-corrected chi connectivity index (χ0v) is 15.5. The molecule has 2 atom stereocenters. The summed E-state index contributed by atoms with van der Waals surface area (Å²) in [5.74, 6) is 1.43. The molecule has 138 valence electrons. The van der Waals surface area contributed by atoms with Gasteiger partial charge >= 0.3 is 0 Å². The van der Waals surface area contributed by atoms with E-state index in [9.17, 15) is 0 Å². The van der Waals surface area contributed by atoms with Crippen molar-refractivity contribution in [2.24, 2.45) is 0 Å². The summed E-state index contributed by atoms with van der Waals surface area (Å²) in [5.41, 5.74) is 2.99. The molecule has 0 N–H and O–H groups in total.